The average molecular weight is 387 g/mol. The lowest BCUT2D eigenvalue weighted by molar-refractivity contribution is -0.116. The van der Waals surface area contributed by atoms with Gasteiger partial charge in [-0.2, -0.15) is 0 Å². The lowest BCUT2D eigenvalue weighted by Gasteiger charge is -2.19. The molecule has 0 spiro atoms. The SMILES string of the molecule is C[C@@H](CC(=O)Nc1cccc(N2CCCC2)c1)NC(=O)c1ccc(Cl)nc1. The fourth-order valence-electron chi connectivity index (χ4n) is 3.11. The normalized spacial score (nSPS) is 14.7. The number of hydrogen-bond acceptors (Lipinski definition) is 4. The van der Waals surface area contributed by atoms with Gasteiger partial charge in [0.1, 0.15) is 5.15 Å². The number of aromatic nitrogens is 1. The van der Waals surface area contributed by atoms with Crippen LogP contribution in [0.5, 0.6) is 0 Å². The zero-order valence-corrected chi connectivity index (χ0v) is 16.0. The molecular weight excluding hydrogens is 364 g/mol. The second-order valence-corrected chi connectivity index (χ2v) is 7.13. The molecule has 1 aliphatic heterocycles. The Labute approximate surface area is 163 Å². The van der Waals surface area contributed by atoms with Gasteiger partial charge in [0.05, 0.1) is 5.56 Å². The van der Waals surface area contributed by atoms with Crippen LogP contribution in [0.1, 0.15) is 36.5 Å². The van der Waals surface area contributed by atoms with E-state index in [1.807, 2.05) is 18.2 Å². The number of nitrogens with one attached hydrogen (secondary N) is 2. The summed E-state index contributed by atoms with van der Waals surface area (Å²) in [5.41, 5.74) is 2.30. The second-order valence-electron chi connectivity index (χ2n) is 6.74. The van der Waals surface area contributed by atoms with Gasteiger partial charge in [-0.3, -0.25) is 9.59 Å². The van der Waals surface area contributed by atoms with Crippen LogP contribution in [0.25, 0.3) is 0 Å². The summed E-state index contributed by atoms with van der Waals surface area (Å²) in [5.74, 6) is -0.425. The summed E-state index contributed by atoms with van der Waals surface area (Å²) in [6.45, 7) is 3.90. The minimum atomic E-state index is -0.310. The van der Waals surface area contributed by atoms with Gasteiger partial charge in [0.2, 0.25) is 5.91 Å². The van der Waals surface area contributed by atoms with E-state index in [0.717, 1.165) is 24.5 Å². The fourth-order valence-corrected chi connectivity index (χ4v) is 3.23. The highest BCUT2D eigenvalue weighted by atomic mass is 35.5. The first kappa shape index (κ1) is 19.2. The van der Waals surface area contributed by atoms with E-state index in [1.165, 1.54) is 19.0 Å². The maximum Gasteiger partial charge on any atom is 0.253 e. The van der Waals surface area contributed by atoms with E-state index in [-0.39, 0.29) is 24.3 Å². The molecule has 6 nitrogen and oxygen atoms in total. The third-order valence-electron chi connectivity index (χ3n) is 4.46. The summed E-state index contributed by atoms with van der Waals surface area (Å²) in [6, 6.07) is 10.7. The average Bonchev–Trinajstić information content (AvgIpc) is 3.17. The molecule has 1 aromatic heterocycles. The molecule has 1 aromatic carbocycles. The molecule has 27 heavy (non-hydrogen) atoms. The van der Waals surface area contributed by atoms with E-state index in [9.17, 15) is 9.59 Å². The van der Waals surface area contributed by atoms with Crippen LogP contribution in [0.15, 0.2) is 42.6 Å². The van der Waals surface area contributed by atoms with Crippen molar-refractivity contribution in [3.8, 4) is 0 Å². The van der Waals surface area contributed by atoms with Crippen molar-refractivity contribution in [2.45, 2.75) is 32.2 Å². The summed E-state index contributed by atoms with van der Waals surface area (Å²) < 4.78 is 0. The molecule has 1 atom stereocenters. The summed E-state index contributed by atoms with van der Waals surface area (Å²) in [6.07, 6.45) is 4.00. The zero-order chi connectivity index (χ0) is 19.2. The van der Waals surface area contributed by atoms with Crippen LogP contribution in [-0.2, 0) is 4.79 Å². The standard InChI is InChI=1S/C20H23ClN4O2/c1-14(23-20(27)15-7-8-18(21)22-13-15)11-19(26)24-16-5-4-6-17(12-16)25-9-2-3-10-25/h4-8,12-14H,2-3,9-11H2,1H3,(H,23,27)(H,24,26)/t14-/m0/s1. The van der Waals surface area contributed by atoms with E-state index < -0.39 is 0 Å². The summed E-state index contributed by atoms with van der Waals surface area (Å²) in [5, 5.41) is 6.04. The van der Waals surface area contributed by atoms with E-state index in [2.05, 4.69) is 26.6 Å². The fraction of sp³-hybridized carbons (Fsp3) is 0.350. The van der Waals surface area contributed by atoms with Crippen molar-refractivity contribution < 1.29 is 9.59 Å². The molecule has 0 aliphatic carbocycles. The van der Waals surface area contributed by atoms with Gasteiger partial charge in [-0.1, -0.05) is 17.7 Å². The Morgan fingerprint density at radius 3 is 2.70 bits per heavy atom. The second kappa shape index (κ2) is 8.86. The number of pyridine rings is 1. The van der Waals surface area contributed by atoms with Crippen LogP contribution < -0.4 is 15.5 Å². The Hall–Kier alpha value is -2.60. The van der Waals surface area contributed by atoms with Crippen LogP contribution in [0.3, 0.4) is 0 Å². The van der Waals surface area contributed by atoms with Gasteiger partial charge < -0.3 is 15.5 Å². The Morgan fingerprint density at radius 2 is 2.00 bits per heavy atom. The highest BCUT2D eigenvalue weighted by Gasteiger charge is 2.15. The lowest BCUT2D eigenvalue weighted by atomic mass is 10.2. The van der Waals surface area contributed by atoms with Crippen molar-refractivity contribution >= 4 is 34.8 Å². The molecule has 1 fully saturated rings. The van der Waals surface area contributed by atoms with Crippen LogP contribution in [-0.4, -0.2) is 35.9 Å². The van der Waals surface area contributed by atoms with Crippen LogP contribution >= 0.6 is 11.6 Å². The molecule has 142 valence electrons. The molecule has 0 unspecified atom stereocenters. The molecule has 2 N–H and O–H groups in total. The number of halogens is 1. The minimum absolute atomic E-state index is 0.143. The smallest absolute Gasteiger partial charge is 0.253 e. The van der Waals surface area contributed by atoms with Crippen LogP contribution in [0.4, 0.5) is 11.4 Å². The molecule has 1 aliphatic rings. The molecule has 0 saturated carbocycles. The quantitative estimate of drug-likeness (QED) is 0.745. The van der Waals surface area contributed by atoms with Gasteiger partial charge in [-0.25, -0.2) is 4.98 Å². The Kier molecular flexibility index (Phi) is 6.29. The molecule has 3 rings (SSSR count). The highest BCUT2D eigenvalue weighted by Crippen LogP contribution is 2.23. The van der Waals surface area contributed by atoms with E-state index in [4.69, 9.17) is 11.6 Å². The highest BCUT2D eigenvalue weighted by molar-refractivity contribution is 6.29. The Bertz CT molecular complexity index is 804. The number of nitrogens with zero attached hydrogens (tertiary/aromatic N) is 2. The number of hydrogen-bond donors (Lipinski definition) is 2. The first-order chi connectivity index (χ1) is 13.0. The van der Waals surface area contributed by atoms with Crippen molar-refractivity contribution in [1.82, 2.24) is 10.3 Å². The van der Waals surface area contributed by atoms with Crippen LogP contribution in [0, 0.1) is 0 Å². The maximum atomic E-state index is 12.3. The number of rotatable bonds is 6. The van der Waals surface area contributed by atoms with Gasteiger partial charge in [-0.05, 0) is 50.1 Å². The van der Waals surface area contributed by atoms with Crippen molar-refractivity contribution in [2.75, 3.05) is 23.3 Å². The monoisotopic (exact) mass is 386 g/mol. The summed E-state index contributed by atoms with van der Waals surface area (Å²) in [7, 11) is 0. The van der Waals surface area contributed by atoms with E-state index in [0.29, 0.717) is 10.7 Å². The molecule has 7 heteroatoms. The van der Waals surface area contributed by atoms with Crippen molar-refractivity contribution in [1.29, 1.82) is 0 Å². The van der Waals surface area contributed by atoms with Gasteiger partial charge >= 0.3 is 0 Å². The zero-order valence-electron chi connectivity index (χ0n) is 15.2. The molecule has 2 aromatic rings. The molecule has 1 saturated heterocycles. The maximum absolute atomic E-state index is 12.3. The topological polar surface area (TPSA) is 74.3 Å². The predicted molar refractivity (Wildman–Crippen MR) is 107 cm³/mol. The van der Waals surface area contributed by atoms with E-state index in [1.54, 1.807) is 19.1 Å². The van der Waals surface area contributed by atoms with Gasteiger partial charge in [0.15, 0.2) is 0 Å². The molecule has 2 heterocycles. The first-order valence-electron chi connectivity index (χ1n) is 9.08. The Balaban J connectivity index is 1.52. The van der Waals surface area contributed by atoms with E-state index >= 15 is 0 Å². The third kappa shape index (κ3) is 5.44. The predicted octanol–water partition coefficient (Wildman–Crippen LogP) is 3.48. The van der Waals surface area contributed by atoms with Crippen molar-refractivity contribution in [3.05, 3.63) is 53.3 Å². The van der Waals surface area contributed by atoms with Crippen LogP contribution in [0.2, 0.25) is 5.15 Å². The lowest BCUT2D eigenvalue weighted by Crippen LogP contribution is -2.35. The first-order valence-corrected chi connectivity index (χ1v) is 9.46. The molecule has 0 radical (unpaired) electrons. The van der Waals surface area contributed by atoms with Crippen molar-refractivity contribution in [2.24, 2.45) is 0 Å². The summed E-state index contributed by atoms with van der Waals surface area (Å²) >= 11 is 5.72. The number of carbonyl (C=O) groups excluding carboxylic acids is 2. The number of carbonyl (C=O) groups is 2. The summed E-state index contributed by atoms with van der Waals surface area (Å²) in [4.78, 5) is 30.7. The molecular formula is C20H23ClN4O2. The largest absolute Gasteiger partial charge is 0.371 e. The number of amides is 2. The van der Waals surface area contributed by atoms with Crippen molar-refractivity contribution in [3.63, 3.8) is 0 Å². The van der Waals surface area contributed by atoms with Gasteiger partial charge in [0.25, 0.3) is 5.91 Å². The molecule has 2 amide bonds. The molecule has 0 bridgehead atoms. The number of benzene rings is 1. The van der Waals surface area contributed by atoms with Gasteiger partial charge in [0, 0.05) is 43.1 Å². The Morgan fingerprint density at radius 1 is 1.22 bits per heavy atom. The van der Waals surface area contributed by atoms with Gasteiger partial charge in [-0.15, -0.1) is 0 Å². The third-order valence-corrected chi connectivity index (χ3v) is 4.68. The minimum Gasteiger partial charge on any atom is -0.371 e. The number of anilines is 2.